The number of hydrogen-bond acceptors (Lipinski definition) is 2. The van der Waals surface area contributed by atoms with Gasteiger partial charge in [-0.3, -0.25) is 4.79 Å². The molecule has 0 aliphatic carbocycles. The van der Waals surface area contributed by atoms with E-state index < -0.39 is 0 Å². The molecule has 0 bridgehead atoms. The molecule has 0 saturated carbocycles. The number of carbonyl (C=O) groups is 1. The Labute approximate surface area is 88.0 Å². The highest BCUT2D eigenvalue weighted by molar-refractivity contribution is 5.70. The zero-order chi connectivity index (χ0) is 11.2. The summed E-state index contributed by atoms with van der Waals surface area (Å²) in [4.78, 5) is 11.4. The molecule has 0 aliphatic rings. The molecule has 0 aromatic carbocycles. The van der Waals surface area contributed by atoms with Gasteiger partial charge in [0.25, 0.3) is 0 Å². The second kappa shape index (κ2) is 6.05. The molecular formula is C12H24O2. The van der Waals surface area contributed by atoms with Crippen molar-refractivity contribution in [2.75, 3.05) is 0 Å². The Hall–Kier alpha value is -0.530. The quantitative estimate of drug-likeness (QED) is 0.634. The standard InChI is InChI=1S/C12H24O2/c1-6-7-8-10(2)9-11(13)14-12(3,4)5/h10H,6-9H2,1-5H3. The van der Waals surface area contributed by atoms with Crippen LogP contribution in [0.1, 0.15) is 60.3 Å². The molecule has 0 radical (unpaired) electrons. The van der Waals surface area contributed by atoms with Crippen LogP contribution in [-0.4, -0.2) is 11.6 Å². The van der Waals surface area contributed by atoms with Crippen LogP contribution in [0.15, 0.2) is 0 Å². The fourth-order valence-electron chi connectivity index (χ4n) is 1.32. The minimum Gasteiger partial charge on any atom is -0.460 e. The summed E-state index contributed by atoms with van der Waals surface area (Å²) in [6.07, 6.45) is 4.07. The number of rotatable bonds is 5. The third-order valence-electron chi connectivity index (χ3n) is 1.99. The van der Waals surface area contributed by atoms with E-state index in [1.165, 1.54) is 12.8 Å². The fourth-order valence-corrected chi connectivity index (χ4v) is 1.32. The minimum atomic E-state index is -0.346. The average Bonchev–Trinajstić information content (AvgIpc) is 1.96. The number of ether oxygens (including phenoxy) is 1. The first-order valence-corrected chi connectivity index (χ1v) is 5.57. The first kappa shape index (κ1) is 13.5. The minimum absolute atomic E-state index is 0.0684. The van der Waals surface area contributed by atoms with E-state index in [2.05, 4.69) is 13.8 Å². The predicted octanol–water partition coefficient (Wildman–Crippen LogP) is 3.54. The molecule has 1 unspecified atom stereocenters. The highest BCUT2D eigenvalue weighted by Gasteiger charge is 2.17. The van der Waals surface area contributed by atoms with E-state index in [1.54, 1.807) is 0 Å². The van der Waals surface area contributed by atoms with Crippen LogP contribution in [-0.2, 0) is 9.53 Å². The van der Waals surface area contributed by atoms with Gasteiger partial charge in [-0.05, 0) is 26.7 Å². The maximum Gasteiger partial charge on any atom is 0.306 e. The van der Waals surface area contributed by atoms with Crippen molar-refractivity contribution in [2.45, 2.75) is 65.9 Å². The summed E-state index contributed by atoms with van der Waals surface area (Å²) in [5.74, 6) is 0.380. The monoisotopic (exact) mass is 200 g/mol. The van der Waals surface area contributed by atoms with Gasteiger partial charge in [0.15, 0.2) is 0 Å². The van der Waals surface area contributed by atoms with E-state index in [4.69, 9.17) is 4.74 Å². The van der Waals surface area contributed by atoms with E-state index >= 15 is 0 Å². The van der Waals surface area contributed by atoms with Crippen LogP contribution in [0.2, 0.25) is 0 Å². The van der Waals surface area contributed by atoms with Crippen LogP contribution >= 0.6 is 0 Å². The summed E-state index contributed by atoms with van der Waals surface area (Å²) in [6, 6.07) is 0. The SMILES string of the molecule is CCCCC(C)CC(=O)OC(C)(C)C. The van der Waals surface area contributed by atoms with Gasteiger partial charge >= 0.3 is 5.97 Å². The molecule has 0 amide bonds. The molecule has 84 valence electrons. The van der Waals surface area contributed by atoms with Gasteiger partial charge in [-0.25, -0.2) is 0 Å². The first-order valence-electron chi connectivity index (χ1n) is 5.57. The summed E-state index contributed by atoms with van der Waals surface area (Å²) in [5.41, 5.74) is -0.346. The molecule has 0 N–H and O–H groups in total. The van der Waals surface area contributed by atoms with E-state index in [1.807, 2.05) is 20.8 Å². The Balaban J connectivity index is 3.71. The highest BCUT2D eigenvalue weighted by atomic mass is 16.6. The van der Waals surface area contributed by atoms with Gasteiger partial charge in [0.2, 0.25) is 0 Å². The Morgan fingerprint density at radius 2 is 1.93 bits per heavy atom. The topological polar surface area (TPSA) is 26.3 Å². The molecule has 0 spiro atoms. The molecule has 0 saturated heterocycles. The summed E-state index contributed by atoms with van der Waals surface area (Å²) >= 11 is 0. The molecule has 1 atom stereocenters. The fraction of sp³-hybridized carbons (Fsp3) is 0.917. The van der Waals surface area contributed by atoms with Gasteiger partial charge in [0, 0.05) is 6.42 Å². The molecule has 0 fully saturated rings. The third kappa shape index (κ3) is 8.09. The van der Waals surface area contributed by atoms with Crippen LogP contribution in [0, 0.1) is 5.92 Å². The number of unbranched alkanes of at least 4 members (excludes halogenated alkanes) is 1. The van der Waals surface area contributed by atoms with E-state index in [9.17, 15) is 4.79 Å². The van der Waals surface area contributed by atoms with E-state index in [0.717, 1.165) is 6.42 Å². The van der Waals surface area contributed by atoms with Crippen molar-refractivity contribution >= 4 is 5.97 Å². The van der Waals surface area contributed by atoms with Crippen LogP contribution < -0.4 is 0 Å². The third-order valence-corrected chi connectivity index (χ3v) is 1.99. The Morgan fingerprint density at radius 3 is 2.36 bits per heavy atom. The molecule has 0 heterocycles. The maximum absolute atomic E-state index is 11.4. The van der Waals surface area contributed by atoms with Gasteiger partial charge in [0.1, 0.15) is 5.60 Å². The summed E-state index contributed by atoms with van der Waals surface area (Å²) in [7, 11) is 0. The second-order valence-corrected chi connectivity index (χ2v) is 5.04. The summed E-state index contributed by atoms with van der Waals surface area (Å²) < 4.78 is 5.25. The lowest BCUT2D eigenvalue weighted by Crippen LogP contribution is -2.24. The normalized spacial score (nSPS) is 13.8. The smallest absolute Gasteiger partial charge is 0.306 e. The second-order valence-electron chi connectivity index (χ2n) is 5.04. The Morgan fingerprint density at radius 1 is 1.36 bits per heavy atom. The molecule has 2 nitrogen and oxygen atoms in total. The number of carbonyl (C=O) groups excluding carboxylic acids is 1. The summed E-state index contributed by atoms with van der Waals surface area (Å²) in [6.45, 7) is 9.99. The Bertz CT molecular complexity index is 168. The molecule has 2 heteroatoms. The highest BCUT2D eigenvalue weighted by Crippen LogP contribution is 2.15. The zero-order valence-corrected chi connectivity index (χ0v) is 10.2. The van der Waals surface area contributed by atoms with Crippen molar-refractivity contribution in [3.8, 4) is 0 Å². The molecule has 0 aliphatic heterocycles. The first-order chi connectivity index (χ1) is 6.35. The lowest BCUT2D eigenvalue weighted by molar-refractivity contribution is -0.155. The van der Waals surface area contributed by atoms with Crippen molar-refractivity contribution in [1.29, 1.82) is 0 Å². The van der Waals surface area contributed by atoms with Crippen LogP contribution in [0.25, 0.3) is 0 Å². The predicted molar refractivity (Wildman–Crippen MR) is 59.2 cm³/mol. The summed E-state index contributed by atoms with van der Waals surface area (Å²) in [5, 5.41) is 0. The molecule has 14 heavy (non-hydrogen) atoms. The lowest BCUT2D eigenvalue weighted by Gasteiger charge is -2.20. The van der Waals surface area contributed by atoms with Gasteiger partial charge in [-0.15, -0.1) is 0 Å². The maximum atomic E-state index is 11.4. The van der Waals surface area contributed by atoms with Crippen LogP contribution in [0.4, 0.5) is 0 Å². The van der Waals surface area contributed by atoms with E-state index in [0.29, 0.717) is 12.3 Å². The Kier molecular flexibility index (Phi) is 5.82. The molecule has 0 aromatic rings. The van der Waals surface area contributed by atoms with Crippen molar-refractivity contribution in [2.24, 2.45) is 5.92 Å². The van der Waals surface area contributed by atoms with Crippen molar-refractivity contribution in [1.82, 2.24) is 0 Å². The van der Waals surface area contributed by atoms with Gasteiger partial charge in [-0.1, -0.05) is 33.1 Å². The number of hydrogen-bond donors (Lipinski definition) is 0. The molecular weight excluding hydrogens is 176 g/mol. The van der Waals surface area contributed by atoms with Crippen molar-refractivity contribution in [3.05, 3.63) is 0 Å². The average molecular weight is 200 g/mol. The van der Waals surface area contributed by atoms with Gasteiger partial charge < -0.3 is 4.74 Å². The van der Waals surface area contributed by atoms with Crippen molar-refractivity contribution < 1.29 is 9.53 Å². The van der Waals surface area contributed by atoms with Crippen LogP contribution in [0.5, 0.6) is 0 Å². The molecule has 0 rings (SSSR count). The van der Waals surface area contributed by atoms with Crippen LogP contribution in [0.3, 0.4) is 0 Å². The van der Waals surface area contributed by atoms with Gasteiger partial charge in [0.05, 0.1) is 0 Å². The largest absolute Gasteiger partial charge is 0.460 e. The zero-order valence-electron chi connectivity index (χ0n) is 10.2. The molecule has 0 aromatic heterocycles. The lowest BCUT2D eigenvalue weighted by atomic mass is 10.0. The van der Waals surface area contributed by atoms with Gasteiger partial charge in [-0.2, -0.15) is 0 Å². The van der Waals surface area contributed by atoms with E-state index in [-0.39, 0.29) is 11.6 Å². The van der Waals surface area contributed by atoms with Crippen molar-refractivity contribution in [3.63, 3.8) is 0 Å². The number of esters is 1.